The molecule has 1 fully saturated rings. The van der Waals surface area contributed by atoms with Crippen molar-refractivity contribution in [3.8, 4) is 5.75 Å². The Bertz CT molecular complexity index is 450. The second kappa shape index (κ2) is 5.64. The van der Waals surface area contributed by atoms with Crippen molar-refractivity contribution >= 4 is 5.91 Å². The third-order valence-electron chi connectivity index (χ3n) is 4.17. The van der Waals surface area contributed by atoms with Crippen molar-refractivity contribution in [1.82, 2.24) is 4.90 Å². The number of likely N-dealkylation sites (tertiary alicyclic amines) is 1. The van der Waals surface area contributed by atoms with Crippen LogP contribution in [0.25, 0.3) is 0 Å². The summed E-state index contributed by atoms with van der Waals surface area (Å²) in [5.41, 5.74) is 1.07. The van der Waals surface area contributed by atoms with E-state index in [1.807, 2.05) is 24.3 Å². The highest BCUT2D eigenvalue weighted by Gasteiger charge is 2.30. The van der Waals surface area contributed by atoms with Crippen LogP contribution in [0.2, 0.25) is 0 Å². The van der Waals surface area contributed by atoms with Gasteiger partial charge in [0.25, 0.3) is 0 Å². The first kappa shape index (κ1) is 12.5. The highest BCUT2D eigenvalue weighted by atomic mass is 16.5. The molecule has 2 aliphatic rings. The molecule has 0 saturated carbocycles. The summed E-state index contributed by atoms with van der Waals surface area (Å²) in [6, 6.07) is 7.97. The van der Waals surface area contributed by atoms with Crippen molar-refractivity contribution in [2.45, 2.75) is 38.0 Å². The SMILES string of the molecule is O=C(C1CCOc2ccccc21)N1CCCCCC1. The van der Waals surface area contributed by atoms with Crippen LogP contribution in [0.5, 0.6) is 5.75 Å². The predicted octanol–water partition coefficient (Wildman–Crippen LogP) is 2.96. The molecule has 102 valence electrons. The molecule has 0 bridgehead atoms. The number of amides is 1. The van der Waals surface area contributed by atoms with Crippen LogP contribution in [0.1, 0.15) is 43.6 Å². The van der Waals surface area contributed by atoms with Gasteiger partial charge < -0.3 is 9.64 Å². The second-order valence-electron chi connectivity index (χ2n) is 5.47. The van der Waals surface area contributed by atoms with E-state index in [1.165, 1.54) is 12.8 Å². The van der Waals surface area contributed by atoms with E-state index in [0.29, 0.717) is 12.5 Å². The molecule has 1 saturated heterocycles. The van der Waals surface area contributed by atoms with Gasteiger partial charge in [-0.05, 0) is 25.3 Å². The Hall–Kier alpha value is -1.51. The first-order valence-electron chi connectivity index (χ1n) is 7.37. The lowest BCUT2D eigenvalue weighted by molar-refractivity contribution is -0.133. The molecule has 0 radical (unpaired) electrons. The molecule has 0 aliphatic carbocycles. The molecule has 2 heterocycles. The van der Waals surface area contributed by atoms with Gasteiger partial charge in [-0.25, -0.2) is 0 Å². The van der Waals surface area contributed by atoms with E-state index in [1.54, 1.807) is 0 Å². The number of rotatable bonds is 1. The molecule has 1 aromatic carbocycles. The molecule has 2 aliphatic heterocycles. The van der Waals surface area contributed by atoms with Crippen molar-refractivity contribution in [1.29, 1.82) is 0 Å². The summed E-state index contributed by atoms with van der Waals surface area (Å²) < 4.78 is 5.65. The van der Waals surface area contributed by atoms with Gasteiger partial charge in [0.05, 0.1) is 12.5 Å². The lowest BCUT2D eigenvalue weighted by Crippen LogP contribution is -2.37. The molecular weight excluding hydrogens is 238 g/mol. The number of benzene rings is 1. The number of hydrogen-bond donors (Lipinski definition) is 0. The van der Waals surface area contributed by atoms with Crippen molar-refractivity contribution in [2.75, 3.05) is 19.7 Å². The topological polar surface area (TPSA) is 29.5 Å². The van der Waals surface area contributed by atoms with Crippen molar-refractivity contribution in [3.63, 3.8) is 0 Å². The Kier molecular flexibility index (Phi) is 3.72. The van der Waals surface area contributed by atoms with Crippen LogP contribution in [0.3, 0.4) is 0 Å². The van der Waals surface area contributed by atoms with Crippen molar-refractivity contribution in [2.24, 2.45) is 0 Å². The van der Waals surface area contributed by atoms with E-state index in [9.17, 15) is 4.79 Å². The molecule has 0 spiro atoms. The van der Waals surface area contributed by atoms with Gasteiger partial charge in [-0.15, -0.1) is 0 Å². The maximum atomic E-state index is 12.7. The minimum atomic E-state index is 0.00282. The first-order valence-corrected chi connectivity index (χ1v) is 7.37. The number of carbonyl (C=O) groups excluding carboxylic acids is 1. The molecule has 3 rings (SSSR count). The highest BCUT2D eigenvalue weighted by Crippen LogP contribution is 2.34. The number of carbonyl (C=O) groups is 1. The van der Waals surface area contributed by atoms with E-state index in [2.05, 4.69) is 4.90 Å². The van der Waals surface area contributed by atoms with Gasteiger partial charge in [-0.2, -0.15) is 0 Å². The molecule has 1 aromatic rings. The largest absolute Gasteiger partial charge is 0.493 e. The van der Waals surface area contributed by atoms with E-state index in [4.69, 9.17) is 4.74 Å². The van der Waals surface area contributed by atoms with Crippen LogP contribution in [0, 0.1) is 0 Å². The van der Waals surface area contributed by atoms with Crippen LogP contribution < -0.4 is 4.74 Å². The standard InChI is InChI=1S/C16H21NO2/c18-16(17-10-5-1-2-6-11-17)14-9-12-19-15-8-4-3-7-13(14)15/h3-4,7-8,14H,1-2,5-6,9-12H2. The molecule has 0 N–H and O–H groups in total. The zero-order valence-electron chi connectivity index (χ0n) is 11.3. The van der Waals surface area contributed by atoms with Crippen LogP contribution in [0.4, 0.5) is 0 Å². The monoisotopic (exact) mass is 259 g/mol. The summed E-state index contributed by atoms with van der Waals surface area (Å²) in [5, 5.41) is 0. The van der Waals surface area contributed by atoms with Crippen molar-refractivity contribution in [3.05, 3.63) is 29.8 Å². The van der Waals surface area contributed by atoms with Gasteiger partial charge in [0, 0.05) is 18.7 Å². The van der Waals surface area contributed by atoms with E-state index >= 15 is 0 Å². The lowest BCUT2D eigenvalue weighted by atomic mass is 9.91. The molecule has 3 nitrogen and oxygen atoms in total. The van der Waals surface area contributed by atoms with E-state index in [-0.39, 0.29) is 5.92 Å². The number of fused-ring (bicyclic) bond motifs is 1. The summed E-state index contributed by atoms with van der Waals surface area (Å²) in [6.07, 6.45) is 5.63. The van der Waals surface area contributed by atoms with Crippen molar-refractivity contribution < 1.29 is 9.53 Å². The minimum absolute atomic E-state index is 0.00282. The van der Waals surface area contributed by atoms with Gasteiger partial charge in [0.15, 0.2) is 0 Å². The van der Waals surface area contributed by atoms with Crippen LogP contribution in [-0.4, -0.2) is 30.5 Å². The third kappa shape index (κ3) is 2.60. The maximum Gasteiger partial charge on any atom is 0.230 e. The number of hydrogen-bond acceptors (Lipinski definition) is 2. The van der Waals surface area contributed by atoms with E-state index < -0.39 is 0 Å². The number of nitrogens with zero attached hydrogens (tertiary/aromatic N) is 1. The van der Waals surface area contributed by atoms with Gasteiger partial charge in [0.1, 0.15) is 5.75 Å². The summed E-state index contributed by atoms with van der Waals surface area (Å²) in [6.45, 7) is 2.51. The first-order chi connectivity index (χ1) is 9.36. The van der Waals surface area contributed by atoms with Crippen LogP contribution >= 0.6 is 0 Å². The zero-order valence-corrected chi connectivity index (χ0v) is 11.3. The summed E-state index contributed by atoms with van der Waals surface area (Å²) >= 11 is 0. The Labute approximate surface area is 114 Å². The zero-order chi connectivity index (χ0) is 13.1. The summed E-state index contributed by atoms with van der Waals surface area (Å²) in [5.74, 6) is 1.20. The minimum Gasteiger partial charge on any atom is -0.493 e. The Morgan fingerprint density at radius 1 is 1.11 bits per heavy atom. The predicted molar refractivity (Wildman–Crippen MR) is 74.3 cm³/mol. The molecule has 1 unspecified atom stereocenters. The fourth-order valence-corrected chi connectivity index (χ4v) is 3.11. The van der Waals surface area contributed by atoms with Crippen LogP contribution in [0.15, 0.2) is 24.3 Å². The van der Waals surface area contributed by atoms with Crippen LogP contribution in [-0.2, 0) is 4.79 Å². The number of para-hydroxylation sites is 1. The molecule has 3 heteroatoms. The average Bonchev–Trinajstić information content (AvgIpc) is 2.75. The second-order valence-corrected chi connectivity index (χ2v) is 5.47. The fourth-order valence-electron chi connectivity index (χ4n) is 3.11. The quantitative estimate of drug-likeness (QED) is 0.776. The molecule has 19 heavy (non-hydrogen) atoms. The molecule has 1 amide bonds. The summed E-state index contributed by atoms with van der Waals surface area (Å²) in [7, 11) is 0. The lowest BCUT2D eigenvalue weighted by Gasteiger charge is -2.30. The Balaban J connectivity index is 1.80. The molecule has 0 aromatic heterocycles. The van der Waals surface area contributed by atoms with E-state index in [0.717, 1.165) is 43.7 Å². The Morgan fingerprint density at radius 3 is 2.63 bits per heavy atom. The summed E-state index contributed by atoms with van der Waals surface area (Å²) in [4.78, 5) is 14.8. The maximum absolute atomic E-state index is 12.7. The fraction of sp³-hybridized carbons (Fsp3) is 0.562. The van der Waals surface area contributed by atoms with Gasteiger partial charge in [0.2, 0.25) is 5.91 Å². The molecular formula is C16H21NO2. The van der Waals surface area contributed by atoms with Gasteiger partial charge in [-0.3, -0.25) is 4.79 Å². The normalized spacial score (nSPS) is 23.2. The average molecular weight is 259 g/mol. The third-order valence-corrected chi connectivity index (χ3v) is 4.17. The number of ether oxygens (including phenoxy) is 1. The highest BCUT2D eigenvalue weighted by molar-refractivity contribution is 5.84. The molecule has 1 atom stereocenters. The van der Waals surface area contributed by atoms with Gasteiger partial charge in [-0.1, -0.05) is 31.0 Å². The Morgan fingerprint density at radius 2 is 1.84 bits per heavy atom. The van der Waals surface area contributed by atoms with Gasteiger partial charge >= 0.3 is 0 Å². The smallest absolute Gasteiger partial charge is 0.230 e.